The zero-order valence-electron chi connectivity index (χ0n) is 17.7. The highest BCUT2D eigenvalue weighted by Crippen LogP contribution is 2.28. The van der Waals surface area contributed by atoms with Crippen LogP contribution in [-0.2, 0) is 19.1 Å². The van der Waals surface area contributed by atoms with E-state index in [2.05, 4.69) is 21.2 Å². The molecule has 1 saturated heterocycles. The summed E-state index contributed by atoms with van der Waals surface area (Å²) in [5.41, 5.74) is 2.29. The van der Waals surface area contributed by atoms with E-state index >= 15 is 0 Å². The number of nitrogens with one attached hydrogen (secondary N) is 1. The Morgan fingerprint density at radius 2 is 1.90 bits per heavy atom. The predicted octanol–water partition coefficient (Wildman–Crippen LogP) is 4.08. The number of hydrogen-bond acceptors (Lipinski definition) is 5. The van der Waals surface area contributed by atoms with Crippen molar-refractivity contribution in [1.29, 1.82) is 0 Å². The number of nitrogens with zero attached hydrogens (tertiary/aromatic N) is 1. The average Bonchev–Trinajstić information content (AvgIpc) is 3.11. The normalized spacial score (nSPS) is 15.8. The quantitative estimate of drug-likeness (QED) is 0.593. The van der Waals surface area contributed by atoms with Gasteiger partial charge in [-0.15, -0.1) is 0 Å². The Morgan fingerprint density at radius 1 is 1.19 bits per heavy atom. The van der Waals surface area contributed by atoms with E-state index in [-0.39, 0.29) is 25.0 Å². The number of aryl methyl sites for hydroxylation is 1. The molecule has 2 aromatic carbocycles. The Kier molecular flexibility index (Phi) is 7.33. The summed E-state index contributed by atoms with van der Waals surface area (Å²) in [6, 6.07) is 12.6. The van der Waals surface area contributed by atoms with Gasteiger partial charge >= 0.3 is 5.97 Å². The molecule has 1 aliphatic heterocycles. The van der Waals surface area contributed by atoms with Crippen LogP contribution in [0.25, 0.3) is 0 Å². The summed E-state index contributed by atoms with van der Waals surface area (Å²) in [4.78, 5) is 38.4. The molecule has 0 aromatic heterocycles. The molecule has 0 spiro atoms. The highest BCUT2D eigenvalue weighted by Gasteiger charge is 2.36. The first kappa shape index (κ1) is 22.8. The number of carbonyl (C=O) groups excluding carboxylic acids is 3. The lowest BCUT2D eigenvalue weighted by Gasteiger charge is -2.17. The zero-order valence-corrected chi connectivity index (χ0v) is 19.3. The molecule has 0 saturated carbocycles. The molecule has 0 radical (unpaired) electrons. The third-order valence-electron chi connectivity index (χ3n) is 4.77. The van der Waals surface area contributed by atoms with Gasteiger partial charge in [-0.3, -0.25) is 14.4 Å². The number of rotatable bonds is 7. The molecule has 0 unspecified atom stereocenters. The molecule has 1 aliphatic rings. The highest BCUT2D eigenvalue weighted by atomic mass is 79.9. The van der Waals surface area contributed by atoms with Gasteiger partial charge in [0.05, 0.1) is 12.0 Å². The topological polar surface area (TPSA) is 84.9 Å². The molecule has 0 aliphatic carbocycles. The molecule has 31 heavy (non-hydrogen) atoms. The van der Waals surface area contributed by atoms with E-state index in [0.29, 0.717) is 17.1 Å². The van der Waals surface area contributed by atoms with E-state index in [1.165, 1.54) is 0 Å². The van der Waals surface area contributed by atoms with Crippen LogP contribution in [0.3, 0.4) is 0 Å². The molecule has 1 atom stereocenters. The van der Waals surface area contributed by atoms with E-state index in [1.807, 2.05) is 32.9 Å². The minimum atomic E-state index is -0.609. The summed E-state index contributed by atoms with van der Waals surface area (Å²) in [6.07, 6.45) is 0.111. The second kappa shape index (κ2) is 9.96. The molecule has 1 N–H and O–H groups in total. The Morgan fingerprint density at radius 3 is 2.55 bits per heavy atom. The maximum atomic E-state index is 12.4. The fourth-order valence-electron chi connectivity index (χ4n) is 3.27. The maximum absolute atomic E-state index is 12.4. The second-order valence-corrected chi connectivity index (χ2v) is 8.54. The smallest absolute Gasteiger partial charge is 0.311 e. The third kappa shape index (κ3) is 6.07. The number of esters is 1. The molecule has 2 aromatic rings. The van der Waals surface area contributed by atoms with Crippen LogP contribution < -0.4 is 15.0 Å². The Hall–Kier alpha value is -2.87. The monoisotopic (exact) mass is 488 g/mol. The summed E-state index contributed by atoms with van der Waals surface area (Å²) < 4.78 is 11.7. The summed E-state index contributed by atoms with van der Waals surface area (Å²) in [7, 11) is 0. The Labute approximate surface area is 189 Å². The van der Waals surface area contributed by atoms with Crippen LogP contribution in [0.2, 0.25) is 0 Å². The van der Waals surface area contributed by atoms with Crippen LogP contribution in [0.5, 0.6) is 5.75 Å². The second-order valence-electron chi connectivity index (χ2n) is 7.69. The first-order valence-electron chi connectivity index (χ1n) is 10.0. The fourth-order valence-corrected chi connectivity index (χ4v) is 3.51. The molecule has 3 rings (SSSR count). The zero-order chi connectivity index (χ0) is 22.5. The van der Waals surface area contributed by atoms with Crippen LogP contribution in [-0.4, -0.2) is 37.0 Å². The highest BCUT2D eigenvalue weighted by molar-refractivity contribution is 9.10. The fraction of sp³-hybridized carbons (Fsp3) is 0.348. The van der Waals surface area contributed by atoms with Gasteiger partial charge < -0.3 is 19.7 Å². The van der Waals surface area contributed by atoms with E-state index in [9.17, 15) is 14.4 Å². The van der Waals surface area contributed by atoms with Gasteiger partial charge in [-0.2, -0.15) is 0 Å². The van der Waals surface area contributed by atoms with Gasteiger partial charge in [-0.05, 0) is 68.8 Å². The molecule has 2 amide bonds. The van der Waals surface area contributed by atoms with Crippen molar-refractivity contribution in [2.75, 3.05) is 23.4 Å². The van der Waals surface area contributed by atoms with Gasteiger partial charge in [0.1, 0.15) is 5.75 Å². The maximum Gasteiger partial charge on any atom is 0.311 e. The van der Waals surface area contributed by atoms with Gasteiger partial charge in [-0.25, -0.2) is 0 Å². The van der Waals surface area contributed by atoms with Crippen molar-refractivity contribution in [3.05, 3.63) is 52.5 Å². The van der Waals surface area contributed by atoms with Crippen molar-refractivity contribution in [3.8, 4) is 5.75 Å². The number of amides is 2. The number of carbonyl (C=O) groups is 3. The van der Waals surface area contributed by atoms with Crippen LogP contribution in [0.4, 0.5) is 11.4 Å². The summed E-state index contributed by atoms with van der Waals surface area (Å²) >= 11 is 3.40. The molecule has 1 heterocycles. The van der Waals surface area contributed by atoms with Gasteiger partial charge in [0.25, 0.3) is 5.91 Å². The van der Waals surface area contributed by atoms with Crippen LogP contribution in [0, 0.1) is 12.8 Å². The SMILES string of the molecule is Cc1cc(NC(=O)COC(=O)[C@@H]2CC(=O)N(c3ccc(OC(C)C)cc3)C2)ccc1Br. The number of hydrogen-bond donors (Lipinski definition) is 1. The largest absolute Gasteiger partial charge is 0.491 e. The third-order valence-corrected chi connectivity index (χ3v) is 5.66. The van der Waals surface area contributed by atoms with E-state index in [4.69, 9.17) is 9.47 Å². The van der Waals surface area contributed by atoms with E-state index in [1.54, 1.807) is 35.2 Å². The molecule has 164 valence electrons. The Bertz CT molecular complexity index is 974. The van der Waals surface area contributed by atoms with Crippen molar-refractivity contribution < 1.29 is 23.9 Å². The lowest BCUT2D eigenvalue weighted by molar-refractivity contribution is -0.151. The number of ether oxygens (including phenoxy) is 2. The van der Waals surface area contributed by atoms with Crippen LogP contribution in [0.15, 0.2) is 46.9 Å². The van der Waals surface area contributed by atoms with Crippen molar-refractivity contribution in [2.45, 2.75) is 33.3 Å². The van der Waals surface area contributed by atoms with Crippen molar-refractivity contribution in [3.63, 3.8) is 0 Å². The van der Waals surface area contributed by atoms with Gasteiger partial charge in [-0.1, -0.05) is 15.9 Å². The van der Waals surface area contributed by atoms with Gasteiger partial charge in [0, 0.05) is 28.8 Å². The van der Waals surface area contributed by atoms with Crippen molar-refractivity contribution in [2.24, 2.45) is 5.92 Å². The number of anilines is 2. The Balaban J connectivity index is 1.51. The lowest BCUT2D eigenvalue weighted by Crippen LogP contribution is -2.28. The standard InChI is InChI=1S/C23H25BrN2O5/c1-14(2)31-19-7-5-18(6-8-19)26-12-16(11-22(26)28)23(29)30-13-21(27)25-17-4-9-20(24)15(3)10-17/h4-10,14,16H,11-13H2,1-3H3,(H,25,27)/t16-/m1/s1. The summed E-state index contributed by atoms with van der Waals surface area (Å²) in [6.45, 7) is 5.60. The minimum Gasteiger partial charge on any atom is -0.491 e. The van der Waals surface area contributed by atoms with Crippen LogP contribution >= 0.6 is 15.9 Å². The van der Waals surface area contributed by atoms with Crippen molar-refractivity contribution >= 4 is 45.1 Å². The first-order chi connectivity index (χ1) is 14.7. The molecule has 1 fully saturated rings. The summed E-state index contributed by atoms with van der Waals surface area (Å²) in [5, 5.41) is 2.69. The van der Waals surface area contributed by atoms with E-state index < -0.39 is 24.4 Å². The number of benzene rings is 2. The van der Waals surface area contributed by atoms with Crippen molar-refractivity contribution in [1.82, 2.24) is 0 Å². The van der Waals surface area contributed by atoms with Gasteiger partial charge in [0.15, 0.2) is 6.61 Å². The molecule has 8 heteroatoms. The predicted molar refractivity (Wildman–Crippen MR) is 121 cm³/mol. The van der Waals surface area contributed by atoms with E-state index in [0.717, 1.165) is 10.0 Å². The molecule has 7 nitrogen and oxygen atoms in total. The van der Waals surface area contributed by atoms with Gasteiger partial charge in [0.2, 0.25) is 5.91 Å². The number of halogens is 1. The first-order valence-corrected chi connectivity index (χ1v) is 10.8. The minimum absolute atomic E-state index is 0.0522. The summed E-state index contributed by atoms with van der Waals surface area (Å²) in [5.74, 6) is -1.04. The molecular formula is C23H25BrN2O5. The lowest BCUT2D eigenvalue weighted by atomic mass is 10.1. The molecule has 0 bridgehead atoms. The average molecular weight is 489 g/mol. The molecular weight excluding hydrogens is 464 g/mol. The van der Waals surface area contributed by atoms with Crippen LogP contribution in [0.1, 0.15) is 25.8 Å².